The van der Waals surface area contributed by atoms with E-state index in [-0.39, 0.29) is 11.5 Å². The van der Waals surface area contributed by atoms with E-state index in [0.29, 0.717) is 16.2 Å². The molecule has 0 aromatic carbocycles. The predicted octanol–water partition coefficient (Wildman–Crippen LogP) is 4.71. The lowest BCUT2D eigenvalue weighted by molar-refractivity contribution is 0.257. The fraction of sp³-hybridized carbons (Fsp3) is 0.600. The number of likely N-dealkylation sites (N-methyl/N-ethyl adjacent to an activating group) is 1. The molecule has 0 radical (unpaired) electrons. The monoisotopic (exact) mass is 271 g/mol. The topological polar surface area (TPSA) is 12.0 Å². The van der Waals surface area contributed by atoms with E-state index in [1.807, 2.05) is 7.05 Å². The molecule has 0 heterocycles. The molecule has 0 aliphatic heterocycles. The first-order valence-corrected chi connectivity index (χ1v) is 6.79. The summed E-state index contributed by atoms with van der Waals surface area (Å²) in [4.78, 5) is 0. The number of allylic oxidation sites excluding steroid dienone is 2. The van der Waals surface area contributed by atoms with Crippen LogP contribution in [0.1, 0.15) is 39.5 Å². The number of halogens is 2. The summed E-state index contributed by atoms with van der Waals surface area (Å²) in [5.41, 5.74) is 1.18. The summed E-state index contributed by atoms with van der Waals surface area (Å²) < 4.78 is 13.8. The van der Waals surface area contributed by atoms with Crippen molar-refractivity contribution in [2.24, 2.45) is 5.41 Å². The molecule has 1 fully saturated rings. The quantitative estimate of drug-likeness (QED) is 0.714. The Morgan fingerprint density at radius 1 is 1.33 bits per heavy atom. The maximum atomic E-state index is 13.8. The molecule has 3 heteroatoms. The van der Waals surface area contributed by atoms with Crippen LogP contribution in [-0.2, 0) is 0 Å². The van der Waals surface area contributed by atoms with E-state index in [9.17, 15) is 4.39 Å². The third-order valence-corrected chi connectivity index (χ3v) is 4.45. The number of hydrogen-bond acceptors (Lipinski definition) is 1. The summed E-state index contributed by atoms with van der Waals surface area (Å²) in [6.45, 7) is 11.2. The molecule has 0 aromatic rings. The molecule has 0 bridgehead atoms. The van der Waals surface area contributed by atoms with Crippen molar-refractivity contribution in [3.63, 3.8) is 0 Å². The molecule has 1 nitrogen and oxygen atoms in total. The summed E-state index contributed by atoms with van der Waals surface area (Å²) >= 11 is 6.23. The number of nitrogens with one attached hydrogen (secondary N) is 1. The lowest BCUT2D eigenvalue weighted by Gasteiger charge is -2.36. The fourth-order valence-electron chi connectivity index (χ4n) is 2.94. The van der Waals surface area contributed by atoms with Crippen LogP contribution >= 0.6 is 11.6 Å². The van der Waals surface area contributed by atoms with Crippen LogP contribution in [-0.4, -0.2) is 13.1 Å². The Kier molecular flexibility index (Phi) is 5.18. The zero-order chi connectivity index (χ0) is 13.9. The second-order valence-electron chi connectivity index (χ2n) is 5.50. The van der Waals surface area contributed by atoms with Gasteiger partial charge >= 0.3 is 0 Å². The molecule has 102 valence electrons. The highest BCUT2D eigenvalue weighted by Gasteiger charge is 2.39. The standard InChI is InChI=1S/C15H23ClFN/c1-10(2)13(16)12(11(3)17)14(18-5)15(4)8-6-7-9-15/h14,18H,1,3,6-9H2,2,4-5H3/b13-12-. The molecule has 18 heavy (non-hydrogen) atoms. The molecule has 1 aliphatic rings. The van der Waals surface area contributed by atoms with E-state index in [2.05, 4.69) is 25.4 Å². The second kappa shape index (κ2) is 6.03. The third-order valence-electron chi connectivity index (χ3n) is 3.92. The summed E-state index contributed by atoms with van der Waals surface area (Å²) in [6, 6.07) is -0.110. The van der Waals surface area contributed by atoms with Crippen LogP contribution in [0.5, 0.6) is 0 Å². The van der Waals surface area contributed by atoms with Gasteiger partial charge in [0.1, 0.15) is 5.83 Å². The molecule has 0 spiro atoms. The minimum absolute atomic E-state index is 0.0364. The summed E-state index contributed by atoms with van der Waals surface area (Å²) in [5, 5.41) is 3.62. The van der Waals surface area contributed by atoms with Gasteiger partial charge in [-0.1, -0.05) is 44.5 Å². The van der Waals surface area contributed by atoms with Crippen LogP contribution in [0.15, 0.2) is 35.2 Å². The lowest BCUT2D eigenvalue weighted by Crippen LogP contribution is -2.42. The van der Waals surface area contributed by atoms with Crippen LogP contribution in [0, 0.1) is 5.41 Å². The zero-order valence-corrected chi connectivity index (χ0v) is 12.3. The van der Waals surface area contributed by atoms with Gasteiger partial charge in [0.2, 0.25) is 0 Å². The van der Waals surface area contributed by atoms with Crippen LogP contribution in [0.25, 0.3) is 0 Å². The van der Waals surface area contributed by atoms with Crippen LogP contribution in [0.3, 0.4) is 0 Å². The zero-order valence-electron chi connectivity index (χ0n) is 11.6. The fourth-order valence-corrected chi connectivity index (χ4v) is 3.16. The molecule has 1 rings (SSSR count). The molecule has 1 aliphatic carbocycles. The molecular formula is C15H23ClFN. The molecule has 0 saturated heterocycles. The maximum absolute atomic E-state index is 13.8. The maximum Gasteiger partial charge on any atom is 0.122 e. The molecular weight excluding hydrogens is 249 g/mol. The van der Waals surface area contributed by atoms with Gasteiger partial charge in [0.25, 0.3) is 0 Å². The Hall–Kier alpha value is -0.600. The van der Waals surface area contributed by atoms with Gasteiger partial charge in [0.05, 0.1) is 5.03 Å². The van der Waals surface area contributed by atoms with Crippen molar-refractivity contribution in [3.05, 3.63) is 35.2 Å². The molecule has 0 amide bonds. The molecule has 1 atom stereocenters. The van der Waals surface area contributed by atoms with Crippen LogP contribution in [0.2, 0.25) is 0 Å². The van der Waals surface area contributed by atoms with Crippen molar-refractivity contribution in [2.75, 3.05) is 7.05 Å². The molecule has 1 unspecified atom stereocenters. The van der Waals surface area contributed by atoms with Gasteiger partial charge in [0, 0.05) is 11.6 Å². The lowest BCUT2D eigenvalue weighted by atomic mass is 9.76. The average Bonchev–Trinajstić information content (AvgIpc) is 2.71. The van der Waals surface area contributed by atoms with Gasteiger partial charge in [-0.15, -0.1) is 0 Å². The van der Waals surface area contributed by atoms with E-state index in [1.54, 1.807) is 6.92 Å². The van der Waals surface area contributed by atoms with Gasteiger partial charge < -0.3 is 5.32 Å². The smallest absolute Gasteiger partial charge is 0.122 e. The number of rotatable bonds is 5. The van der Waals surface area contributed by atoms with Crippen molar-refractivity contribution < 1.29 is 4.39 Å². The Balaban J connectivity index is 3.22. The van der Waals surface area contributed by atoms with E-state index < -0.39 is 5.83 Å². The molecule has 1 N–H and O–H groups in total. The average molecular weight is 272 g/mol. The van der Waals surface area contributed by atoms with Crippen molar-refractivity contribution in [2.45, 2.75) is 45.6 Å². The van der Waals surface area contributed by atoms with Gasteiger partial charge in [-0.3, -0.25) is 0 Å². The Bertz CT molecular complexity index is 378. The number of hydrogen-bond donors (Lipinski definition) is 1. The van der Waals surface area contributed by atoms with E-state index in [0.717, 1.165) is 12.8 Å². The summed E-state index contributed by atoms with van der Waals surface area (Å²) in [6.07, 6.45) is 4.53. The third kappa shape index (κ3) is 3.04. The van der Waals surface area contributed by atoms with Crippen LogP contribution < -0.4 is 5.32 Å². The van der Waals surface area contributed by atoms with Gasteiger partial charge in [0.15, 0.2) is 0 Å². The Morgan fingerprint density at radius 3 is 2.17 bits per heavy atom. The molecule has 1 saturated carbocycles. The van der Waals surface area contributed by atoms with E-state index in [4.69, 9.17) is 11.6 Å². The van der Waals surface area contributed by atoms with Crippen molar-refractivity contribution >= 4 is 11.6 Å². The van der Waals surface area contributed by atoms with Crippen molar-refractivity contribution in [3.8, 4) is 0 Å². The minimum Gasteiger partial charge on any atom is -0.312 e. The van der Waals surface area contributed by atoms with Crippen molar-refractivity contribution in [1.82, 2.24) is 5.32 Å². The normalized spacial score (nSPS) is 21.4. The SMILES string of the molecule is C=C(C)/C(Cl)=C(\C(=C)F)C(NC)C1(C)CCCC1. The highest BCUT2D eigenvalue weighted by atomic mass is 35.5. The summed E-state index contributed by atoms with van der Waals surface area (Å²) in [7, 11) is 1.85. The summed E-state index contributed by atoms with van der Waals surface area (Å²) in [5.74, 6) is -0.463. The van der Waals surface area contributed by atoms with Gasteiger partial charge in [-0.2, -0.15) is 0 Å². The van der Waals surface area contributed by atoms with Crippen LogP contribution in [0.4, 0.5) is 4.39 Å². The highest BCUT2D eigenvalue weighted by Crippen LogP contribution is 2.45. The second-order valence-corrected chi connectivity index (χ2v) is 5.87. The first-order valence-electron chi connectivity index (χ1n) is 6.41. The van der Waals surface area contributed by atoms with Gasteiger partial charge in [-0.25, -0.2) is 4.39 Å². The molecule has 0 aromatic heterocycles. The van der Waals surface area contributed by atoms with E-state index >= 15 is 0 Å². The predicted molar refractivity (Wildman–Crippen MR) is 77.4 cm³/mol. The first-order chi connectivity index (χ1) is 8.33. The first kappa shape index (κ1) is 15.5. The Morgan fingerprint density at radius 2 is 1.83 bits per heavy atom. The van der Waals surface area contributed by atoms with E-state index in [1.165, 1.54) is 12.8 Å². The van der Waals surface area contributed by atoms with Crippen molar-refractivity contribution in [1.29, 1.82) is 0 Å². The Labute approximate surface area is 115 Å². The largest absolute Gasteiger partial charge is 0.312 e. The minimum atomic E-state index is -0.463. The van der Waals surface area contributed by atoms with Gasteiger partial charge in [-0.05, 0) is 37.8 Å². The highest BCUT2D eigenvalue weighted by molar-refractivity contribution is 6.32.